The molecular formula is C13H18ClN3O3. The van der Waals surface area contributed by atoms with Crippen LogP contribution in [0.1, 0.15) is 23.4 Å². The SMILES string of the molecule is Cl.NC1(C(=O)N2CCN(C(=O)c3ccco3)CC2)CC1. The molecule has 0 spiro atoms. The van der Waals surface area contributed by atoms with E-state index in [1.54, 1.807) is 21.9 Å². The van der Waals surface area contributed by atoms with Crippen molar-refractivity contribution < 1.29 is 14.0 Å². The Labute approximate surface area is 123 Å². The molecule has 20 heavy (non-hydrogen) atoms. The van der Waals surface area contributed by atoms with Crippen molar-refractivity contribution in [2.75, 3.05) is 26.2 Å². The van der Waals surface area contributed by atoms with Gasteiger partial charge in [-0.1, -0.05) is 0 Å². The maximum atomic E-state index is 12.1. The minimum absolute atomic E-state index is 0. The minimum atomic E-state index is -0.618. The molecular weight excluding hydrogens is 282 g/mol. The molecule has 1 aliphatic heterocycles. The zero-order valence-corrected chi connectivity index (χ0v) is 11.9. The summed E-state index contributed by atoms with van der Waals surface area (Å²) in [4.78, 5) is 27.6. The summed E-state index contributed by atoms with van der Waals surface area (Å²) >= 11 is 0. The fraction of sp³-hybridized carbons (Fsp3) is 0.538. The van der Waals surface area contributed by atoms with Crippen LogP contribution < -0.4 is 5.73 Å². The Morgan fingerprint density at radius 1 is 1.15 bits per heavy atom. The van der Waals surface area contributed by atoms with Crippen molar-refractivity contribution >= 4 is 24.2 Å². The molecule has 3 rings (SSSR count). The molecule has 2 aliphatic rings. The number of halogens is 1. The zero-order chi connectivity index (χ0) is 13.5. The number of rotatable bonds is 2. The Hall–Kier alpha value is -1.53. The Balaban J connectivity index is 0.00000147. The lowest BCUT2D eigenvalue weighted by Crippen LogP contribution is -2.55. The summed E-state index contributed by atoms with van der Waals surface area (Å²) in [5.41, 5.74) is 5.29. The highest BCUT2D eigenvalue weighted by Crippen LogP contribution is 2.34. The lowest BCUT2D eigenvalue weighted by atomic mass is 10.2. The van der Waals surface area contributed by atoms with E-state index in [0.717, 1.165) is 12.8 Å². The van der Waals surface area contributed by atoms with Crippen LogP contribution in [0.15, 0.2) is 22.8 Å². The van der Waals surface area contributed by atoms with Gasteiger partial charge in [0, 0.05) is 26.2 Å². The smallest absolute Gasteiger partial charge is 0.289 e. The highest BCUT2D eigenvalue weighted by atomic mass is 35.5. The molecule has 1 aromatic heterocycles. The van der Waals surface area contributed by atoms with Crippen molar-refractivity contribution in [1.29, 1.82) is 0 Å². The molecule has 0 unspecified atom stereocenters. The van der Waals surface area contributed by atoms with Gasteiger partial charge in [-0.3, -0.25) is 9.59 Å². The van der Waals surface area contributed by atoms with Crippen LogP contribution in [0.25, 0.3) is 0 Å². The molecule has 0 radical (unpaired) electrons. The first kappa shape index (κ1) is 14.9. The van der Waals surface area contributed by atoms with E-state index in [0.29, 0.717) is 31.9 Å². The largest absolute Gasteiger partial charge is 0.459 e. The van der Waals surface area contributed by atoms with Crippen molar-refractivity contribution in [2.45, 2.75) is 18.4 Å². The standard InChI is InChI=1S/C13H17N3O3.ClH/c14-13(3-4-13)12(18)16-7-5-15(6-8-16)11(17)10-2-1-9-19-10;/h1-2,9H,3-8,14H2;1H. The molecule has 1 aromatic rings. The third-order valence-electron chi connectivity index (χ3n) is 3.80. The van der Waals surface area contributed by atoms with E-state index in [1.165, 1.54) is 6.26 Å². The fourth-order valence-electron chi connectivity index (χ4n) is 2.33. The highest BCUT2D eigenvalue weighted by Gasteiger charge is 2.48. The molecule has 1 saturated heterocycles. The molecule has 0 atom stereocenters. The molecule has 0 aromatic carbocycles. The van der Waals surface area contributed by atoms with Crippen molar-refractivity contribution in [1.82, 2.24) is 9.80 Å². The summed E-state index contributed by atoms with van der Waals surface area (Å²) in [5.74, 6) is 0.251. The minimum Gasteiger partial charge on any atom is -0.459 e. The summed E-state index contributed by atoms with van der Waals surface area (Å²) in [7, 11) is 0. The monoisotopic (exact) mass is 299 g/mol. The van der Waals surface area contributed by atoms with Gasteiger partial charge in [-0.15, -0.1) is 12.4 Å². The second-order valence-corrected chi connectivity index (χ2v) is 5.22. The van der Waals surface area contributed by atoms with Gasteiger partial charge in [0.1, 0.15) is 0 Å². The Bertz CT molecular complexity index is 491. The number of furan rings is 1. The quantitative estimate of drug-likeness (QED) is 0.861. The predicted molar refractivity (Wildman–Crippen MR) is 74.6 cm³/mol. The molecule has 2 N–H and O–H groups in total. The molecule has 2 fully saturated rings. The highest BCUT2D eigenvalue weighted by molar-refractivity contribution is 5.92. The van der Waals surface area contributed by atoms with Crippen molar-refractivity contribution in [2.24, 2.45) is 5.73 Å². The molecule has 6 nitrogen and oxygen atoms in total. The first-order valence-corrected chi connectivity index (χ1v) is 6.51. The van der Waals surface area contributed by atoms with Gasteiger partial charge in [0.15, 0.2) is 5.76 Å². The Morgan fingerprint density at radius 2 is 1.75 bits per heavy atom. The number of piperazine rings is 1. The average molecular weight is 300 g/mol. The molecule has 110 valence electrons. The number of hydrogen-bond acceptors (Lipinski definition) is 4. The van der Waals surface area contributed by atoms with Crippen LogP contribution in [0.3, 0.4) is 0 Å². The van der Waals surface area contributed by atoms with E-state index < -0.39 is 5.54 Å². The second kappa shape index (κ2) is 5.46. The Kier molecular flexibility index (Phi) is 4.06. The topological polar surface area (TPSA) is 79.8 Å². The van der Waals surface area contributed by atoms with E-state index in [2.05, 4.69) is 0 Å². The third-order valence-corrected chi connectivity index (χ3v) is 3.80. The van der Waals surface area contributed by atoms with Crippen LogP contribution in [0.5, 0.6) is 0 Å². The lowest BCUT2D eigenvalue weighted by Gasteiger charge is -2.35. The Morgan fingerprint density at radius 3 is 2.25 bits per heavy atom. The van der Waals surface area contributed by atoms with Gasteiger partial charge in [0.25, 0.3) is 5.91 Å². The molecule has 0 bridgehead atoms. The number of amides is 2. The van der Waals surface area contributed by atoms with Gasteiger partial charge in [0.2, 0.25) is 5.91 Å². The third kappa shape index (κ3) is 2.66. The van der Waals surface area contributed by atoms with Crippen LogP contribution in [-0.2, 0) is 4.79 Å². The van der Waals surface area contributed by atoms with E-state index in [1.807, 2.05) is 0 Å². The van der Waals surface area contributed by atoms with Gasteiger partial charge in [0.05, 0.1) is 11.8 Å². The second-order valence-electron chi connectivity index (χ2n) is 5.22. The maximum Gasteiger partial charge on any atom is 0.289 e. The van der Waals surface area contributed by atoms with E-state index >= 15 is 0 Å². The summed E-state index contributed by atoms with van der Waals surface area (Å²) in [6.45, 7) is 2.15. The van der Waals surface area contributed by atoms with Crippen molar-refractivity contribution in [3.05, 3.63) is 24.2 Å². The summed E-state index contributed by atoms with van der Waals surface area (Å²) < 4.78 is 5.10. The van der Waals surface area contributed by atoms with Crippen LogP contribution in [0.2, 0.25) is 0 Å². The average Bonchev–Trinajstić information content (AvgIpc) is 2.97. The summed E-state index contributed by atoms with van der Waals surface area (Å²) in [6.07, 6.45) is 3.03. The zero-order valence-electron chi connectivity index (χ0n) is 11.1. The van der Waals surface area contributed by atoms with Gasteiger partial charge in [-0.25, -0.2) is 0 Å². The number of nitrogens with zero attached hydrogens (tertiary/aromatic N) is 2. The molecule has 1 aliphatic carbocycles. The van der Waals surface area contributed by atoms with Crippen LogP contribution in [0, 0.1) is 0 Å². The van der Waals surface area contributed by atoms with Gasteiger partial charge in [-0.2, -0.15) is 0 Å². The van der Waals surface area contributed by atoms with Crippen LogP contribution in [-0.4, -0.2) is 53.3 Å². The van der Waals surface area contributed by atoms with Crippen molar-refractivity contribution in [3.63, 3.8) is 0 Å². The molecule has 1 saturated carbocycles. The number of nitrogens with two attached hydrogens (primary N) is 1. The number of carbonyl (C=O) groups excluding carboxylic acids is 2. The van der Waals surface area contributed by atoms with Gasteiger partial charge < -0.3 is 20.0 Å². The fourth-order valence-corrected chi connectivity index (χ4v) is 2.33. The van der Waals surface area contributed by atoms with E-state index in [-0.39, 0.29) is 24.2 Å². The predicted octanol–water partition coefficient (Wildman–Crippen LogP) is 0.477. The maximum absolute atomic E-state index is 12.1. The van der Waals surface area contributed by atoms with Gasteiger partial charge >= 0.3 is 0 Å². The molecule has 2 heterocycles. The summed E-state index contributed by atoms with van der Waals surface area (Å²) in [5, 5.41) is 0. The first-order chi connectivity index (χ1) is 9.10. The van der Waals surface area contributed by atoms with Crippen molar-refractivity contribution in [3.8, 4) is 0 Å². The molecule has 2 amide bonds. The molecule has 7 heteroatoms. The van der Waals surface area contributed by atoms with Gasteiger partial charge in [-0.05, 0) is 25.0 Å². The number of hydrogen-bond donors (Lipinski definition) is 1. The summed E-state index contributed by atoms with van der Waals surface area (Å²) in [6, 6.07) is 3.34. The van der Waals surface area contributed by atoms with E-state index in [9.17, 15) is 9.59 Å². The normalized spacial score (nSPS) is 20.2. The first-order valence-electron chi connectivity index (χ1n) is 6.51. The van der Waals surface area contributed by atoms with Crippen LogP contribution >= 0.6 is 12.4 Å². The van der Waals surface area contributed by atoms with E-state index in [4.69, 9.17) is 10.2 Å². The van der Waals surface area contributed by atoms with Crippen LogP contribution in [0.4, 0.5) is 0 Å². The lowest BCUT2D eigenvalue weighted by molar-refractivity contribution is -0.135. The number of carbonyl (C=O) groups is 2.